The number of fused-ring (bicyclic) bond motifs is 2. The molecule has 4 aromatic rings. The summed E-state index contributed by atoms with van der Waals surface area (Å²) in [4.78, 5) is 13.4. The molecule has 0 atom stereocenters. The Labute approximate surface area is 122 Å². The molecule has 0 aliphatic rings. The number of nitrogens with zero attached hydrogens (tertiary/aromatic N) is 3. The monoisotopic (exact) mass is 301 g/mol. The highest BCUT2D eigenvalue weighted by Gasteiger charge is 2.07. The van der Waals surface area contributed by atoms with Crippen molar-refractivity contribution in [3.8, 4) is 0 Å². The van der Waals surface area contributed by atoms with E-state index in [4.69, 9.17) is 5.73 Å². The summed E-state index contributed by atoms with van der Waals surface area (Å²) in [7, 11) is 0. The van der Waals surface area contributed by atoms with E-state index in [1.807, 2.05) is 34.2 Å². The average molecular weight is 301 g/mol. The van der Waals surface area contributed by atoms with Crippen LogP contribution < -0.4 is 5.73 Å². The number of nitrogens with one attached hydrogen (secondary N) is 1. The van der Waals surface area contributed by atoms with Gasteiger partial charge in [0.25, 0.3) is 0 Å². The Morgan fingerprint density at radius 1 is 1.35 bits per heavy atom. The first-order chi connectivity index (χ1) is 9.78. The van der Waals surface area contributed by atoms with Gasteiger partial charge >= 0.3 is 0 Å². The molecule has 0 spiro atoms. The summed E-state index contributed by atoms with van der Waals surface area (Å²) in [6.45, 7) is 0. The van der Waals surface area contributed by atoms with Gasteiger partial charge < -0.3 is 10.7 Å². The highest BCUT2D eigenvalue weighted by Crippen LogP contribution is 2.24. The van der Waals surface area contributed by atoms with E-state index in [1.165, 1.54) is 0 Å². The van der Waals surface area contributed by atoms with Crippen LogP contribution in [0, 0.1) is 0 Å². The van der Waals surface area contributed by atoms with Crippen molar-refractivity contribution in [3.05, 3.63) is 41.7 Å². The van der Waals surface area contributed by atoms with Crippen LogP contribution in [0.25, 0.3) is 16.0 Å². The van der Waals surface area contributed by atoms with Crippen LogP contribution in [-0.2, 0) is 5.75 Å². The maximum atomic E-state index is 5.76. The van der Waals surface area contributed by atoms with Gasteiger partial charge in [0.2, 0.25) is 0 Å². The fourth-order valence-corrected chi connectivity index (χ4v) is 3.55. The van der Waals surface area contributed by atoms with E-state index in [0.717, 1.165) is 38.3 Å². The molecule has 3 aromatic heterocycles. The first kappa shape index (κ1) is 11.8. The molecule has 0 radical (unpaired) electrons. The predicted molar refractivity (Wildman–Crippen MR) is 83.1 cm³/mol. The van der Waals surface area contributed by atoms with Gasteiger partial charge in [0, 0.05) is 29.2 Å². The van der Waals surface area contributed by atoms with Crippen molar-refractivity contribution in [1.82, 2.24) is 19.4 Å². The molecule has 0 saturated carbocycles. The zero-order valence-corrected chi connectivity index (χ0v) is 12.0. The summed E-state index contributed by atoms with van der Waals surface area (Å²) in [6.07, 6.45) is 4.07. The van der Waals surface area contributed by atoms with Crippen molar-refractivity contribution in [3.63, 3.8) is 0 Å². The van der Waals surface area contributed by atoms with Crippen LogP contribution in [0.5, 0.6) is 0 Å². The molecule has 4 rings (SSSR count). The van der Waals surface area contributed by atoms with Crippen LogP contribution in [0.15, 0.2) is 41.1 Å². The third-order valence-corrected chi connectivity index (χ3v) is 4.66. The predicted octanol–water partition coefficient (Wildman–Crippen LogP) is 3.15. The zero-order valence-electron chi connectivity index (χ0n) is 10.4. The molecular weight excluding hydrogens is 290 g/mol. The standard InChI is InChI=1S/C13H11N5S2/c14-8-1-2-10-11(5-8)17-12(16-10)20-7-9-6-18-3-4-19-13(18)15-9/h1-6H,7,14H2,(H,16,17). The van der Waals surface area contributed by atoms with Gasteiger partial charge in [-0.3, -0.25) is 4.40 Å². The Hall–Kier alpha value is -1.99. The number of hydrogen-bond acceptors (Lipinski definition) is 5. The van der Waals surface area contributed by atoms with Crippen LogP contribution in [0.2, 0.25) is 0 Å². The second-order valence-corrected chi connectivity index (χ2v) is 6.27. The van der Waals surface area contributed by atoms with Crippen LogP contribution >= 0.6 is 23.1 Å². The molecule has 5 nitrogen and oxygen atoms in total. The Morgan fingerprint density at radius 3 is 3.20 bits per heavy atom. The van der Waals surface area contributed by atoms with Gasteiger partial charge in [-0.1, -0.05) is 11.8 Å². The fraction of sp³-hybridized carbons (Fsp3) is 0.0769. The molecule has 0 aliphatic heterocycles. The molecule has 0 amide bonds. The minimum atomic E-state index is 0.743. The summed E-state index contributed by atoms with van der Waals surface area (Å²) < 4.78 is 2.04. The van der Waals surface area contributed by atoms with Crippen molar-refractivity contribution < 1.29 is 0 Å². The number of benzene rings is 1. The first-order valence-corrected chi connectivity index (χ1v) is 7.93. The van der Waals surface area contributed by atoms with Crippen molar-refractivity contribution in [2.24, 2.45) is 0 Å². The lowest BCUT2D eigenvalue weighted by Gasteiger charge is -1.92. The number of thioether (sulfide) groups is 1. The van der Waals surface area contributed by atoms with E-state index < -0.39 is 0 Å². The molecule has 100 valence electrons. The van der Waals surface area contributed by atoms with E-state index in [1.54, 1.807) is 23.1 Å². The Kier molecular flexibility index (Phi) is 2.68. The SMILES string of the molecule is Nc1ccc2nc(SCc3cn4ccsc4n3)[nH]c2c1. The first-order valence-electron chi connectivity index (χ1n) is 6.07. The Balaban J connectivity index is 1.56. The maximum Gasteiger partial charge on any atom is 0.193 e. The van der Waals surface area contributed by atoms with E-state index >= 15 is 0 Å². The number of thiazole rings is 1. The summed E-state index contributed by atoms with van der Waals surface area (Å²) in [5, 5.41) is 2.92. The Bertz CT molecular complexity index is 860. The molecule has 1 aromatic carbocycles. The van der Waals surface area contributed by atoms with Gasteiger partial charge in [0.05, 0.1) is 16.7 Å². The number of nitrogens with two attached hydrogens (primary N) is 1. The molecule has 20 heavy (non-hydrogen) atoms. The van der Waals surface area contributed by atoms with Crippen molar-refractivity contribution in [2.45, 2.75) is 10.9 Å². The number of aromatic nitrogens is 4. The van der Waals surface area contributed by atoms with E-state index in [0.29, 0.717) is 0 Å². The highest BCUT2D eigenvalue weighted by molar-refractivity contribution is 7.98. The quantitative estimate of drug-likeness (QED) is 0.450. The molecular formula is C13H11N5S2. The summed E-state index contributed by atoms with van der Waals surface area (Å²) in [5.74, 6) is 0.795. The van der Waals surface area contributed by atoms with Crippen LogP contribution in [0.1, 0.15) is 5.69 Å². The molecule has 0 aliphatic carbocycles. The van der Waals surface area contributed by atoms with Gasteiger partial charge in [-0.05, 0) is 18.2 Å². The molecule has 0 saturated heterocycles. The molecule has 3 heterocycles. The van der Waals surface area contributed by atoms with E-state index in [9.17, 15) is 0 Å². The molecule has 3 N–H and O–H groups in total. The zero-order chi connectivity index (χ0) is 13.5. The van der Waals surface area contributed by atoms with Crippen molar-refractivity contribution >= 4 is 44.8 Å². The number of anilines is 1. The number of aromatic amines is 1. The molecule has 0 fully saturated rings. The topological polar surface area (TPSA) is 72.0 Å². The van der Waals surface area contributed by atoms with Crippen LogP contribution in [0.3, 0.4) is 0 Å². The number of H-pyrrole nitrogens is 1. The lowest BCUT2D eigenvalue weighted by molar-refractivity contribution is 1.07. The normalized spacial score (nSPS) is 11.6. The van der Waals surface area contributed by atoms with Gasteiger partial charge in [-0.15, -0.1) is 11.3 Å². The molecule has 0 unspecified atom stereocenters. The van der Waals surface area contributed by atoms with Crippen molar-refractivity contribution in [1.29, 1.82) is 0 Å². The lowest BCUT2D eigenvalue weighted by atomic mass is 10.3. The van der Waals surface area contributed by atoms with Crippen molar-refractivity contribution in [2.75, 3.05) is 5.73 Å². The summed E-state index contributed by atoms with van der Waals surface area (Å²) in [6, 6.07) is 5.69. The van der Waals surface area contributed by atoms with Gasteiger partial charge in [0.15, 0.2) is 10.1 Å². The maximum absolute atomic E-state index is 5.76. The average Bonchev–Trinajstić information content (AvgIpc) is 3.08. The minimum absolute atomic E-state index is 0.743. The lowest BCUT2D eigenvalue weighted by Crippen LogP contribution is -1.82. The Morgan fingerprint density at radius 2 is 2.30 bits per heavy atom. The number of nitrogen functional groups attached to an aromatic ring is 1. The number of hydrogen-bond donors (Lipinski definition) is 2. The third-order valence-electron chi connectivity index (χ3n) is 2.98. The summed E-state index contributed by atoms with van der Waals surface area (Å²) in [5.41, 5.74) is 9.47. The largest absolute Gasteiger partial charge is 0.399 e. The van der Waals surface area contributed by atoms with Gasteiger partial charge in [-0.25, -0.2) is 9.97 Å². The fourth-order valence-electron chi connectivity index (χ4n) is 2.06. The van der Waals surface area contributed by atoms with Crippen LogP contribution in [-0.4, -0.2) is 19.4 Å². The second kappa shape index (κ2) is 4.53. The summed E-state index contributed by atoms with van der Waals surface area (Å²) >= 11 is 3.29. The minimum Gasteiger partial charge on any atom is -0.399 e. The number of rotatable bonds is 3. The molecule has 7 heteroatoms. The number of imidazole rings is 2. The highest BCUT2D eigenvalue weighted by atomic mass is 32.2. The van der Waals surface area contributed by atoms with Crippen LogP contribution in [0.4, 0.5) is 5.69 Å². The second-order valence-electron chi connectivity index (χ2n) is 4.43. The van der Waals surface area contributed by atoms with Gasteiger partial charge in [0.1, 0.15) is 0 Å². The third kappa shape index (κ3) is 2.04. The van der Waals surface area contributed by atoms with E-state index in [-0.39, 0.29) is 0 Å². The molecule has 0 bridgehead atoms. The smallest absolute Gasteiger partial charge is 0.193 e. The van der Waals surface area contributed by atoms with E-state index in [2.05, 4.69) is 21.1 Å². The van der Waals surface area contributed by atoms with Gasteiger partial charge in [-0.2, -0.15) is 0 Å².